The van der Waals surface area contributed by atoms with Crippen LogP contribution < -0.4 is 5.32 Å². The summed E-state index contributed by atoms with van der Waals surface area (Å²) in [7, 11) is 1.99. The van der Waals surface area contributed by atoms with E-state index in [2.05, 4.69) is 10.3 Å². The van der Waals surface area contributed by atoms with Crippen molar-refractivity contribution in [3.63, 3.8) is 0 Å². The maximum Gasteiger partial charge on any atom is 0.255 e. The lowest BCUT2D eigenvalue weighted by Gasteiger charge is -2.32. The van der Waals surface area contributed by atoms with Crippen molar-refractivity contribution in [2.45, 2.75) is 26.2 Å². The third-order valence-corrected chi connectivity index (χ3v) is 3.89. The number of carbonyl (C=O) groups is 1. The highest BCUT2D eigenvalue weighted by Crippen LogP contribution is 2.22. The second kappa shape index (κ2) is 6.05. The van der Waals surface area contributed by atoms with E-state index in [1.165, 1.54) is 6.42 Å². The first kappa shape index (κ1) is 13.1. The van der Waals surface area contributed by atoms with Gasteiger partial charge in [-0.1, -0.05) is 0 Å². The van der Waals surface area contributed by atoms with Gasteiger partial charge in [-0.15, -0.1) is 0 Å². The zero-order valence-electron chi connectivity index (χ0n) is 11.3. The fourth-order valence-electron chi connectivity index (χ4n) is 2.63. The third-order valence-electron chi connectivity index (χ3n) is 3.89. The third kappa shape index (κ3) is 2.93. The number of amides is 1. The van der Waals surface area contributed by atoms with Gasteiger partial charge in [-0.3, -0.25) is 4.79 Å². The van der Waals surface area contributed by atoms with E-state index in [-0.39, 0.29) is 5.91 Å². The maximum absolute atomic E-state index is 12.3. The molecule has 18 heavy (non-hydrogen) atoms. The lowest BCUT2D eigenvalue weighted by molar-refractivity contribution is 0.0686. The SMILES string of the molecule is CNCCC1CCN(C(=O)c2cc[nH]c2C)CC1. The number of nitrogens with zero attached hydrogens (tertiary/aromatic N) is 1. The van der Waals surface area contributed by atoms with E-state index in [0.29, 0.717) is 0 Å². The molecule has 1 aromatic rings. The van der Waals surface area contributed by atoms with Crippen LogP contribution in [0.25, 0.3) is 0 Å². The topological polar surface area (TPSA) is 48.1 Å². The number of hydrogen-bond donors (Lipinski definition) is 2. The van der Waals surface area contributed by atoms with Crippen LogP contribution in [0.5, 0.6) is 0 Å². The summed E-state index contributed by atoms with van der Waals surface area (Å²) in [4.78, 5) is 17.4. The summed E-state index contributed by atoms with van der Waals surface area (Å²) in [6, 6.07) is 1.88. The van der Waals surface area contributed by atoms with Crippen LogP contribution in [0.1, 0.15) is 35.3 Å². The molecule has 4 heteroatoms. The number of piperidine rings is 1. The van der Waals surface area contributed by atoms with Gasteiger partial charge in [0.15, 0.2) is 0 Å². The van der Waals surface area contributed by atoms with E-state index in [1.54, 1.807) is 0 Å². The Bertz CT molecular complexity index is 391. The lowest BCUT2D eigenvalue weighted by Crippen LogP contribution is -2.39. The van der Waals surface area contributed by atoms with Gasteiger partial charge in [0.05, 0.1) is 5.56 Å². The van der Waals surface area contributed by atoms with Crippen LogP contribution in [0, 0.1) is 12.8 Å². The van der Waals surface area contributed by atoms with E-state index in [1.807, 2.05) is 31.1 Å². The van der Waals surface area contributed by atoms with E-state index in [4.69, 9.17) is 0 Å². The van der Waals surface area contributed by atoms with Crippen LogP contribution in [-0.2, 0) is 0 Å². The van der Waals surface area contributed by atoms with E-state index >= 15 is 0 Å². The number of rotatable bonds is 4. The fourth-order valence-corrected chi connectivity index (χ4v) is 2.63. The van der Waals surface area contributed by atoms with Crippen LogP contribution in [0.4, 0.5) is 0 Å². The summed E-state index contributed by atoms with van der Waals surface area (Å²) in [5.74, 6) is 0.953. The Balaban J connectivity index is 1.86. The maximum atomic E-state index is 12.3. The second-order valence-corrected chi connectivity index (χ2v) is 5.14. The Morgan fingerprint density at radius 1 is 1.50 bits per heavy atom. The van der Waals surface area contributed by atoms with Gasteiger partial charge in [-0.25, -0.2) is 0 Å². The van der Waals surface area contributed by atoms with Gasteiger partial charge in [-0.05, 0) is 51.8 Å². The molecule has 1 aromatic heterocycles. The Morgan fingerprint density at radius 2 is 2.22 bits per heavy atom. The lowest BCUT2D eigenvalue weighted by atomic mass is 9.93. The summed E-state index contributed by atoms with van der Waals surface area (Å²) < 4.78 is 0. The molecule has 2 heterocycles. The van der Waals surface area contributed by atoms with Crippen molar-refractivity contribution in [3.05, 3.63) is 23.5 Å². The molecule has 0 aromatic carbocycles. The number of aromatic amines is 1. The van der Waals surface area contributed by atoms with Crippen LogP contribution in [0.3, 0.4) is 0 Å². The van der Waals surface area contributed by atoms with Crippen LogP contribution >= 0.6 is 0 Å². The normalized spacial score (nSPS) is 17.1. The molecule has 0 spiro atoms. The minimum absolute atomic E-state index is 0.181. The standard InChI is InChI=1S/C14H23N3O/c1-11-13(4-8-16-11)14(18)17-9-5-12(6-10-17)3-7-15-2/h4,8,12,15-16H,3,5-7,9-10H2,1-2H3. The number of H-pyrrole nitrogens is 1. The van der Waals surface area contributed by atoms with Gasteiger partial charge < -0.3 is 15.2 Å². The number of carbonyl (C=O) groups excluding carboxylic acids is 1. The van der Waals surface area contributed by atoms with E-state index in [9.17, 15) is 4.79 Å². The summed E-state index contributed by atoms with van der Waals surface area (Å²) in [5.41, 5.74) is 1.79. The van der Waals surface area contributed by atoms with Gasteiger partial charge in [0.1, 0.15) is 0 Å². The van der Waals surface area contributed by atoms with Crippen molar-refractivity contribution in [2.75, 3.05) is 26.7 Å². The Hall–Kier alpha value is -1.29. The molecule has 1 saturated heterocycles. The highest BCUT2D eigenvalue weighted by atomic mass is 16.2. The fraction of sp³-hybridized carbons (Fsp3) is 0.643. The second-order valence-electron chi connectivity index (χ2n) is 5.14. The van der Waals surface area contributed by atoms with E-state index < -0.39 is 0 Å². The molecule has 0 atom stereocenters. The Morgan fingerprint density at radius 3 is 2.78 bits per heavy atom. The minimum Gasteiger partial charge on any atom is -0.365 e. The van der Waals surface area contributed by atoms with Gasteiger partial charge in [-0.2, -0.15) is 0 Å². The number of aromatic nitrogens is 1. The first-order chi connectivity index (χ1) is 8.72. The number of nitrogens with one attached hydrogen (secondary N) is 2. The van der Waals surface area contributed by atoms with Gasteiger partial charge in [0.2, 0.25) is 0 Å². The van der Waals surface area contributed by atoms with Gasteiger partial charge in [0, 0.05) is 25.0 Å². The molecule has 2 N–H and O–H groups in total. The molecule has 1 aliphatic heterocycles. The summed E-state index contributed by atoms with van der Waals surface area (Å²) in [6.07, 6.45) is 5.33. The Kier molecular flexibility index (Phi) is 4.42. The molecule has 1 fully saturated rings. The largest absolute Gasteiger partial charge is 0.365 e. The zero-order valence-corrected chi connectivity index (χ0v) is 11.3. The predicted molar refractivity (Wildman–Crippen MR) is 72.7 cm³/mol. The van der Waals surface area contributed by atoms with Crippen LogP contribution in [0.15, 0.2) is 12.3 Å². The van der Waals surface area contributed by atoms with Crippen molar-refractivity contribution in [2.24, 2.45) is 5.92 Å². The smallest absolute Gasteiger partial charge is 0.255 e. The first-order valence-electron chi connectivity index (χ1n) is 6.80. The van der Waals surface area contributed by atoms with Crippen molar-refractivity contribution >= 4 is 5.91 Å². The highest BCUT2D eigenvalue weighted by Gasteiger charge is 2.24. The number of aryl methyl sites for hydroxylation is 1. The Labute approximate surface area is 109 Å². The van der Waals surface area contributed by atoms with Crippen molar-refractivity contribution in [1.82, 2.24) is 15.2 Å². The first-order valence-corrected chi connectivity index (χ1v) is 6.80. The molecule has 0 radical (unpaired) electrons. The molecule has 4 nitrogen and oxygen atoms in total. The zero-order chi connectivity index (χ0) is 13.0. The minimum atomic E-state index is 0.181. The molecular formula is C14H23N3O. The molecule has 100 valence electrons. The summed E-state index contributed by atoms with van der Waals surface area (Å²) in [6.45, 7) is 4.83. The molecule has 0 unspecified atom stereocenters. The molecule has 0 aliphatic carbocycles. The monoisotopic (exact) mass is 249 g/mol. The quantitative estimate of drug-likeness (QED) is 0.854. The molecule has 0 saturated carbocycles. The van der Waals surface area contributed by atoms with Crippen molar-refractivity contribution in [3.8, 4) is 0 Å². The average Bonchev–Trinajstić information content (AvgIpc) is 2.82. The molecule has 1 amide bonds. The number of likely N-dealkylation sites (tertiary alicyclic amines) is 1. The van der Waals surface area contributed by atoms with Crippen molar-refractivity contribution < 1.29 is 4.79 Å². The van der Waals surface area contributed by atoms with E-state index in [0.717, 1.165) is 49.7 Å². The molecule has 1 aliphatic rings. The number of hydrogen-bond acceptors (Lipinski definition) is 2. The van der Waals surface area contributed by atoms with Crippen LogP contribution in [-0.4, -0.2) is 42.5 Å². The summed E-state index contributed by atoms with van der Waals surface area (Å²) in [5, 5.41) is 3.19. The average molecular weight is 249 g/mol. The molecule has 2 rings (SSSR count). The molecular weight excluding hydrogens is 226 g/mol. The van der Waals surface area contributed by atoms with Gasteiger partial charge >= 0.3 is 0 Å². The van der Waals surface area contributed by atoms with Crippen LogP contribution in [0.2, 0.25) is 0 Å². The summed E-state index contributed by atoms with van der Waals surface area (Å²) >= 11 is 0. The predicted octanol–water partition coefficient (Wildman–Crippen LogP) is 1.78. The van der Waals surface area contributed by atoms with Gasteiger partial charge in [0.25, 0.3) is 5.91 Å². The highest BCUT2D eigenvalue weighted by molar-refractivity contribution is 5.95. The van der Waals surface area contributed by atoms with Crippen molar-refractivity contribution in [1.29, 1.82) is 0 Å². The molecule has 0 bridgehead atoms.